The van der Waals surface area contributed by atoms with E-state index < -0.39 is 23.5 Å². The highest BCUT2D eigenvalue weighted by Gasteiger charge is 2.23. The molecule has 1 atom stereocenters. The van der Waals surface area contributed by atoms with E-state index in [1.807, 2.05) is 18.2 Å². The molecule has 18 heteroatoms. The Morgan fingerprint density at radius 1 is 1.15 bits per heavy atom. The van der Waals surface area contributed by atoms with E-state index in [1.54, 1.807) is 25.1 Å². The van der Waals surface area contributed by atoms with Crippen LogP contribution in [-0.4, -0.2) is 57.8 Å². The lowest BCUT2D eigenvalue weighted by atomic mass is 10.0. The zero-order valence-electron chi connectivity index (χ0n) is 23.9. The van der Waals surface area contributed by atoms with Gasteiger partial charge in [-0.25, -0.2) is 19.6 Å². The maximum Gasteiger partial charge on any atom is 0.439 e. The van der Waals surface area contributed by atoms with Gasteiger partial charge in [0, 0.05) is 31.1 Å². The number of hydrogen-bond donors (Lipinski definition) is 5. The quantitative estimate of drug-likeness (QED) is 0.171. The average molecular weight is 665 g/mol. The van der Waals surface area contributed by atoms with Gasteiger partial charge in [-0.05, 0) is 47.7 Å². The summed E-state index contributed by atoms with van der Waals surface area (Å²) in [5.74, 6) is -2.51. The topological polar surface area (TPSA) is 264 Å². The maximum absolute atomic E-state index is 12.5. The van der Waals surface area contributed by atoms with Crippen LogP contribution in [0, 0.1) is 6.92 Å². The van der Waals surface area contributed by atoms with Crippen molar-refractivity contribution < 1.29 is 28.4 Å². The van der Waals surface area contributed by atoms with Crippen LogP contribution in [0.15, 0.2) is 56.2 Å². The van der Waals surface area contributed by atoms with Gasteiger partial charge < -0.3 is 26.3 Å². The van der Waals surface area contributed by atoms with Crippen molar-refractivity contribution in [1.82, 2.24) is 40.3 Å². The second-order valence-electron chi connectivity index (χ2n) is 10.1. The van der Waals surface area contributed by atoms with Crippen LogP contribution in [0.25, 0.3) is 28.1 Å². The summed E-state index contributed by atoms with van der Waals surface area (Å²) >= 11 is 0. The number of nitrogens with one attached hydrogen (secondary N) is 2. The van der Waals surface area contributed by atoms with Crippen molar-refractivity contribution in [3.8, 4) is 11.4 Å². The lowest BCUT2D eigenvalue weighted by molar-refractivity contribution is 0.0686. The first-order valence-corrected chi connectivity index (χ1v) is 13.5. The zero-order chi connectivity index (χ0) is 31.8. The zero-order valence-corrected chi connectivity index (χ0v) is 24.7. The van der Waals surface area contributed by atoms with Crippen LogP contribution in [0.2, 0.25) is 0 Å². The monoisotopic (exact) mass is 664 g/mol. The minimum Gasteiger partial charge on any atom is -0.477 e. The molecule has 0 saturated heterocycles. The molecule has 1 aliphatic carbocycles. The summed E-state index contributed by atoms with van der Waals surface area (Å²) in [7, 11) is 0. The fraction of sp³-hybridized carbons (Fsp3) is 0.207. The highest BCUT2D eigenvalue weighted by molar-refractivity contribution is 6.00. The first-order valence-electron chi connectivity index (χ1n) is 13.5. The molecule has 0 aliphatic heterocycles. The number of hydrogen-bond acceptors (Lipinski definition) is 12. The molecule has 0 radical (unpaired) electrons. The molecule has 244 valence electrons. The van der Waals surface area contributed by atoms with Crippen molar-refractivity contribution in [3.05, 3.63) is 92.7 Å². The van der Waals surface area contributed by atoms with Crippen molar-refractivity contribution in [2.45, 2.75) is 39.8 Å². The molecule has 2 aromatic carbocycles. The number of primary amides is 1. The Morgan fingerprint density at radius 3 is 2.64 bits per heavy atom. The third-order valence-electron chi connectivity index (χ3n) is 7.05. The number of rotatable bonds is 6. The Kier molecular flexibility index (Phi) is 9.82. The standard InChI is InChI=1S/C17H13N7O5.C11H11N3O2.CH4.ClH/c1-7-20-9-4-8(2-3-12(9)29-7)6-19-16(26)10-5-11(17(27)28)24-15(21-10)13(14(18)25)22-23-24;12-9-4-2-6-5-7(1-3-8(6)9)10-13-11(15)16-14-10;;/h2-5H,6H2,1H3,(H2,18,25)(H,19,26)(H,27,28);1,3,5,9H,2,4,12H2,(H,13,14,15);1H4;1H/t;9-;;/m.0../s1. The fourth-order valence-electron chi connectivity index (χ4n) is 4.93. The molecule has 47 heavy (non-hydrogen) atoms. The number of aryl methyl sites for hydroxylation is 2. The van der Waals surface area contributed by atoms with E-state index in [9.17, 15) is 24.3 Å². The fourth-order valence-corrected chi connectivity index (χ4v) is 4.93. The maximum atomic E-state index is 12.5. The predicted molar refractivity (Wildman–Crippen MR) is 168 cm³/mol. The minimum atomic E-state index is -1.38. The van der Waals surface area contributed by atoms with Gasteiger partial charge in [0.1, 0.15) is 11.2 Å². The summed E-state index contributed by atoms with van der Waals surface area (Å²) in [6.45, 7) is 1.87. The van der Waals surface area contributed by atoms with Crippen LogP contribution in [0.5, 0.6) is 0 Å². The molecular weight excluding hydrogens is 636 g/mol. The van der Waals surface area contributed by atoms with Gasteiger partial charge in [0.15, 0.2) is 34.3 Å². The number of benzene rings is 2. The Hall–Kier alpha value is -5.94. The van der Waals surface area contributed by atoms with Gasteiger partial charge in [0.2, 0.25) is 0 Å². The number of oxazole rings is 1. The summed E-state index contributed by atoms with van der Waals surface area (Å²) < 4.78 is 10.7. The van der Waals surface area contributed by atoms with Gasteiger partial charge in [0.25, 0.3) is 11.8 Å². The summed E-state index contributed by atoms with van der Waals surface area (Å²) in [5, 5.41) is 22.8. The molecule has 4 aromatic heterocycles. The Bertz CT molecular complexity index is 2190. The molecule has 7 N–H and O–H groups in total. The molecule has 0 unspecified atom stereocenters. The van der Waals surface area contributed by atoms with Crippen molar-refractivity contribution in [2.75, 3.05) is 0 Å². The summed E-state index contributed by atoms with van der Waals surface area (Å²) in [5.41, 5.74) is 15.3. The number of nitrogens with zero attached hydrogens (tertiary/aromatic N) is 6. The van der Waals surface area contributed by atoms with Crippen LogP contribution in [0.1, 0.15) is 73.9 Å². The first-order chi connectivity index (χ1) is 21.6. The molecule has 17 nitrogen and oxygen atoms in total. The van der Waals surface area contributed by atoms with Gasteiger partial charge in [-0.3, -0.25) is 19.1 Å². The molecule has 0 saturated carbocycles. The molecular formula is C29H29ClN10O7. The Labute approximate surface area is 270 Å². The van der Waals surface area contributed by atoms with Crippen LogP contribution in [0.3, 0.4) is 0 Å². The van der Waals surface area contributed by atoms with Gasteiger partial charge >= 0.3 is 11.7 Å². The Morgan fingerprint density at radius 2 is 1.94 bits per heavy atom. The highest BCUT2D eigenvalue weighted by atomic mass is 35.5. The van der Waals surface area contributed by atoms with Crippen LogP contribution < -0.4 is 22.5 Å². The lowest BCUT2D eigenvalue weighted by Gasteiger charge is -2.07. The smallest absolute Gasteiger partial charge is 0.439 e. The third kappa shape index (κ3) is 6.85. The number of carbonyl (C=O) groups excluding carboxylic acids is 2. The minimum absolute atomic E-state index is 0. The van der Waals surface area contributed by atoms with E-state index in [-0.39, 0.29) is 55.1 Å². The molecule has 1 aliphatic rings. The molecule has 7 rings (SSSR count). The average Bonchev–Trinajstić information content (AvgIpc) is 3.81. The number of H-pyrrole nitrogens is 1. The molecule has 0 bridgehead atoms. The predicted octanol–water partition coefficient (Wildman–Crippen LogP) is 2.33. The van der Waals surface area contributed by atoms with E-state index in [0.717, 1.165) is 34.6 Å². The van der Waals surface area contributed by atoms with E-state index in [2.05, 4.69) is 40.3 Å². The molecule has 4 heterocycles. The number of halogens is 1. The summed E-state index contributed by atoms with van der Waals surface area (Å²) in [4.78, 5) is 57.1. The normalized spacial score (nSPS) is 13.2. The van der Waals surface area contributed by atoms with Crippen LogP contribution >= 0.6 is 12.4 Å². The summed E-state index contributed by atoms with van der Waals surface area (Å²) in [6, 6.07) is 12.3. The van der Waals surface area contributed by atoms with E-state index in [4.69, 9.17) is 15.9 Å². The number of amides is 2. The van der Waals surface area contributed by atoms with Gasteiger partial charge in [-0.1, -0.05) is 36.0 Å². The van der Waals surface area contributed by atoms with Crippen molar-refractivity contribution in [3.63, 3.8) is 0 Å². The number of aromatic carboxylic acids is 1. The number of carbonyl (C=O) groups is 3. The van der Waals surface area contributed by atoms with E-state index in [1.165, 1.54) is 11.1 Å². The molecule has 0 fully saturated rings. The highest BCUT2D eigenvalue weighted by Crippen LogP contribution is 2.31. The molecule has 2 amide bonds. The largest absolute Gasteiger partial charge is 0.477 e. The van der Waals surface area contributed by atoms with Crippen molar-refractivity contribution >= 4 is 46.9 Å². The molecule has 6 aromatic rings. The number of aromatic amines is 1. The number of aromatic nitrogens is 7. The van der Waals surface area contributed by atoms with Crippen molar-refractivity contribution in [1.29, 1.82) is 0 Å². The SMILES string of the molecule is C.Cc1nc2cc(CNC(=O)c3cc(C(=O)O)n4nnc(C(N)=O)c4n3)ccc2o1.Cl.N[C@H]1CCc2cc(-c3noc(=O)[nH]3)ccc21. The number of carboxylic acids is 1. The Balaban J connectivity index is 0.000000236. The number of carboxylic acid groups (broad SMARTS) is 1. The second kappa shape index (κ2) is 13.6. The summed E-state index contributed by atoms with van der Waals surface area (Å²) in [6.07, 6.45) is 1.96. The van der Waals surface area contributed by atoms with Crippen LogP contribution in [0.4, 0.5) is 0 Å². The third-order valence-corrected chi connectivity index (χ3v) is 7.05. The van der Waals surface area contributed by atoms with Gasteiger partial charge in [-0.2, -0.15) is 4.52 Å². The lowest BCUT2D eigenvalue weighted by Crippen LogP contribution is -2.25. The van der Waals surface area contributed by atoms with E-state index >= 15 is 0 Å². The van der Waals surface area contributed by atoms with E-state index in [0.29, 0.717) is 22.8 Å². The first kappa shape index (κ1) is 33.9. The van der Waals surface area contributed by atoms with Gasteiger partial charge in [0.05, 0.1) is 0 Å². The van der Waals surface area contributed by atoms with Crippen molar-refractivity contribution in [2.24, 2.45) is 11.5 Å². The second-order valence-corrected chi connectivity index (χ2v) is 10.1. The van der Waals surface area contributed by atoms with Gasteiger partial charge in [-0.15, -0.1) is 17.5 Å². The van der Waals surface area contributed by atoms with Crippen LogP contribution in [-0.2, 0) is 13.0 Å². The number of nitrogens with two attached hydrogens (primary N) is 2. The number of fused-ring (bicyclic) bond motifs is 3. The molecule has 0 spiro atoms.